The topological polar surface area (TPSA) is 96.0 Å². The van der Waals surface area contributed by atoms with Crippen LogP contribution < -0.4 is 14.4 Å². The maximum absolute atomic E-state index is 13.4. The molecule has 0 saturated heterocycles. The first kappa shape index (κ1) is 25.5. The Balaban J connectivity index is 2.45. The molecule has 10 heteroatoms. The van der Waals surface area contributed by atoms with Crippen LogP contribution in [0.1, 0.15) is 18.9 Å². The summed E-state index contributed by atoms with van der Waals surface area (Å²) in [5, 5.41) is 2.77. The van der Waals surface area contributed by atoms with Crippen LogP contribution in [-0.2, 0) is 26.2 Å². The number of halogens is 1. The van der Waals surface area contributed by atoms with E-state index in [0.717, 1.165) is 16.1 Å². The Morgan fingerprint density at radius 2 is 1.84 bits per heavy atom. The van der Waals surface area contributed by atoms with Gasteiger partial charge in [0.05, 0.1) is 24.1 Å². The molecule has 0 aliphatic rings. The number of nitrogens with one attached hydrogen (secondary N) is 1. The highest BCUT2D eigenvalue weighted by Crippen LogP contribution is 2.27. The number of methoxy groups -OCH3 is 1. The number of amides is 2. The Bertz CT molecular complexity index is 1060. The number of ether oxygens (including phenoxy) is 1. The van der Waals surface area contributed by atoms with Gasteiger partial charge in [0.15, 0.2) is 0 Å². The predicted molar refractivity (Wildman–Crippen MR) is 125 cm³/mol. The molecule has 0 aliphatic heterocycles. The minimum atomic E-state index is -3.83. The highest BCUT2D eigenvalue weighted by molar-refractivity contribution is 7.92. The number of hydrogen-bond acceptors (Lipinski definition) is 5. The summed E-state index contributed by atoms with van der Waals surface area (Å²) in [6, 6.07) is 12.7. The number of carbonyl (C=O) groups is 2. The van der Waals surface area contributed by atoms with Crippen LogP contribution in [-0.4, -0.2) is 58.1 Å². The molecule has 0 bridgehead atoms. The van der Waals surface area contributed by atoms with Crippen LogP contribution in [0.4, 0.5) is 5.69 Å². The molecule has 1 N–H and O–H groups in total. The van der Waals surface area contributed by atoms with Gasteiger partial charge in [-0.1, -0.05) is 42.8 Å². The van der Waals surface area contributed by atoms with Crippen molar-refractivity contribution in [2.45, 2.75) is 25.9 Å². The molecule has 2 rings (SSSR count). The van der Waals surface area contributed by atoms with Crippen molar-refractivity contribution in [3.8, 4) is 5.75 Å². The van der Waals surface area contributed by atoms with E-state index in [1.54, 1.807) is 43.3 Å². The minimum absolute atomic E-state index is 0.0993. The molecule has 32 heavy (non-hydrogen) atoms. The lowest BCUT2D eigenvalue weighted by Crippen LogP contribution is -2.51. The molecule has 1 atom stereocenters. The van der Waals surface area contributed by atoms with Gasteiger partial charge in [0.1, 0.15) is 18.3 Å². The molecule has 0 spiro atoms. The standard InChI is InChI=1S/C22H28ClN3O5S/c1-5-19(22(28)24-2)25(14-16-9-8-10-17(13-16)31-3)21(27)15-26(32(4,29)30)20-12-7-6-11-18(20)23/h6-13,19H,5,14-15H2,1-4H3,(H,24,28)/t19-/m1/s1. The van der Waals surface area contributed by atoms with Crippen LogP contribution in [0, 0.1) is 0 Å². The molecule has 174 valence electrons. The largest absolute Gasteiger partial charge is 0.497 e. The summed E-state index contributed by atoms with van der Waals surface area (Å²) in [6.07, 6.45) is 1.35. The number of sulfonamides is 1. The Labute approximate surface area is 194 Å². The van der Waals surface area contributed by atoms with Crippen LogP contribution in [0.5, 0.6) is 5.75 Å². The SMILES string of the molecule is CC[C@H](C(=O)NC)N(Cc1cccc(OC)c1)C(=O)CN(c1ccccc1Cl)S(C)(=O)=O. The van der Waals surface area contributed by atoms with Crippen molar-refractivity contribution in [2.24, 2.45) is 0 Å². The van der Waals surface area contributed by atoms with Gasteiger partial charge in [-0.15, -0.1) is 0 Å². The second-order valence-corrected chi connectivity index (χ2v) is 9.45. The van der Waals surface area contributed by atoms with Crippen molar-refractivity contribution in [3.05, 3.63) is 59.1 Å². The van der Waals surface area contributed by atoms with E-state index in [1.165, 1.54) is 25.1 Å². The van der Waals surface area contributed by atoms with E-state index in [1.807, 2.05) is 6.07 Å². The molecule has 0 radical (unpaired) electrons. The third-order valence-corrected chi connectivity index (χ3v) is 6.37. The molecule has 0 aromatic heterocycles. The maximum atomic E-state index is 13.4. The summed E-state index contributed by atoms with van der Waals surface area (Å²) in [5.74, 6) is -0.266. The highest BCUT2D eigenvalue weighted by atomic mass is 35.5. The molecule has 2 aromatic rings. The van der Waals surface area contributed by atoms with Gasteiger partial charge < -0.3 is 15.0 Å². The normalized spacial score (nSPS) is 12.0. The summed E-state index contributed by atoms with van der Waals surface area (Å²) in [4.78, 5) is 27.3. The van der Waals surface area contributed by atoms with Crippen molar-refractivity contribution in [3.63, 3.8) is 0 Å². The summed E-state index contributed by atoms with van der Waals surface area (Å²) in [6.45, 7) is 1.39. The molecule has 0 aliphatic carbocycles. The molecule has 0 fully saturated rings. The second kappa shape index (κ2) is 11.2. The Hall–Kier alpha value is -2.78. The zero-order valence-electron chi connectivity index (χ0n) is 18.5. The van der Waals surface area contributed by atoms with Crippen molar-refractivity contribution < 1.29 is 22.7 Å². The van der Waals surface area contributed by atoms with Crippen molar-refractivity contribution in [1.82, 2.24) is 10.2 Å². The van der Waals surface area contributed by atoms with Crippen LogP contribution >= 0.6 is 11.6 Å². The van der Waals surface area contributed by atoms with E-state index in [-0.39, 0.29) is 23.2 Å². The molecule has 0 unspecified atom stereocenters. The summed E-state index contributed by atoms with van der Waals surface area (Å²) >= 11 is 6.20. The second-order valence-electron chi connectivity index (χ2n) is 7.13. The molecular weight excluding hydrogens is 454 g/mol. The van der Waals surface area contributed by atoms with E-state index in [9.17, 15) is 18.0 Å². The van der Waals surface area contributed by atoms with Gasteiger partial charge in [0, 0.05) is 13.6 Å². The smallest absolute Gasteiger partial charge is 0.244 e. The van der Waals surface area contributed by atoms with Gasteiger partial charge in [-0.25, -0.2) is 8.42 Å². The third kappa shape index (κ3) is 6.37. The van der Waals surface area contributed by atoms with Crippen molar-refractivity contribution in [1.29, 1.82) is 0 Å². The number of anilines is 1. The first-order chi connectivity index (χ1) is 15.1. The van der Waals surface area contributed by atoms with Crippen molar-refractivity contribution in [2.75, 3.05) is 31.3 Å². The number of para-hydroxylation sites is 1. The Kier molecular flexibility index (Phi) is 8.91. The number of nitrogens with zero attached hydrogens (tertiary/aromatic N) is 2. The van der Waals surface area contributed by atoms with Gasteiger partial charge in [-0.2, -0.15) is 0 Å². The predicted octanol–water partition coefficient (Wildman–Crippen LogP) is 2.67. The van der Waals surface area contributed by atoms with Gasteiger partial charge >= 0.3 is 0 Å². The lowest BCUT2D eigenvalue weighted by atomic mass is 10.1. The average Bonchev–Trinajstić information content (AvgIpc) is 2.76. The fourth-order valence-electron chi connectivity index (χ4n) is 3.30. The molecule has 2 amide bonds. The fourth-order valence-corrected chi connectivity index (χ4v) is 4.45. The van der Waals surface area contributed by atoms with Gasteiger partial charge in [-0.3, -0.25) is 13.9 Å². The highest BCUT2D eigenvalue weighted by Gasteiger charge is 2.31. The lowest BCUT2D eigenvalue weighted by Gasteiger charge is -2.32. The number of hydrogen-bond donors (Lipinski definition) is 1. The molecule has 8 nitrogen and oxygen atoms in total. The molecule has 0 heterocycles. The monoisotopic (exact) mass is 481 g/mol. The van der Waals surface area contributed by atoms with E-state index >= 15 is 0 Å². The average molecular weight is 482 g/mol. The number of rotatable bonds is 10. The number of likely N-dealkylation sites (N-methyl/N-ethyl adjacent to an activating group) is 1. The van der Waals surface area contributed by atoms with E-state index in [4.69, 9.17) is 16.3 Å². The van der Waals surface area contributed by atoms with Crippen LogP contribution in [0.25, 0.3) is 0 Å². The van der Waals surface area contributed by atoms with Gasteiger partial charge in [0.25, 0.3) is 0 Å². The summed E-state index contributed by atoms with van der Waals surface area (Å²) < 4.78 is 31.2. The maximum Gasteiger partial charge on any atom is 0.244 e. The van der Waals surface area contributed by atoms with Crippen LogP contribution in [0.15, 0.2) is 48.5 Å². The van der Waals surface area contributed by atoms with E-state index in [0.29, 0.717) is 12.2 Å². The van der Waals surface area contributed by atoms with Crippen molar-refractivity contribution >= 4 is 39.1 Å². The fraction of sp³-hybridized carbons (Fsp3) is 0.364. The van der Waals surface area contributed by atoms with Gasteiger partial charge in [0.2, 0.25) is 21.8 Å². The summed E-state index contributed by atoms with van der Waals surface area (Å²) in [5.41, 5.74) is 0.933. The third-order valence-electron chi connectivity index (χ3n) is 4.92. The van der Waals surface area contributed by atoms with E-state index < -0.39 is 28.5 Å². The zero-order valence-corrected chi connectivity index (χ0v) is 20.1. The number of benzene rings is 2. The van der Waals surface area contributed by atoms with Crippen LogP contribution in [0.3, 0.4) is 0 Å². The molecular formula is C22H28ClN3O5S. The van der Waals surface area contributed by atoms with E-state index in [2.05, 4.69) is 5.32 Å². The number of carbonyl (C=O) groups excluding carboxylic acids is 2. The summed E-state index contributed by atoms with van der Waals surface area (Å²) in [7, 11) is -0.801. The first-order valence-electron chi connectivity index (χ1n) is 9.98. The molecule has 2 aromatic carbocycles. The molecule has 0 saturated carbocycles. The Morgan fingerprint density at radius 1 is 1.16 bits per heavy atom. The Morgan fingerprint density at radius 3 is 2.41 bits per heavy atom. The first-order valence-corrected chi connectivity index (χ1v) is 12.2. The van der Waals surface area contributed by atoms with Gasteiger partial charge in [-0.05, 0) is 36.2 Å². The van der Waals surface area contributed by atoms with Crippen LogP contribution in [0.2, 0.25) is 5.02 Å². The quantitative estimate of drug-likeness (QED) is 0.562. The minimum Gasteiger partial charge on any atom is -0.497 e. The zero-order chi connectivity index (χ0) is 23.9. The lowest BCUT2D eigenvalue weighted by molar-refractivity contribution is -0.140.